The van der Waals surface area contributed by atoms with Gasteiger partial charge in [0.05, 0.1) is 25.6 Å². The topological polar surface area (TPSA) is 52.6 Å². The summed E-state index contributed by atoms with van der Waals surface area (Å²) in [5.74, 6) is -0.828. The van der Waals surface area contributed by atoms with Crippen molar-refractivity contribution >= 4 is 11.9 Å². The molecule has 0 saturated heterocycles. The van der Waals surface area contributed by atoms with Gasteiger partial charge in [-0.15, -0.1) is 0 Å². The Morgan fingerprint density at radius 3 is 2.00 bits per heavy atom. The van der Waals surface area contributed by atoms with E-state index in [1.165, 1.54) is 0 Å². The molecule has 0 fully saturated rings. The predicted molar refractivity (Wildman–Crippen MR) is 85.4 cm³/mol. The summed E-state index contributed by atoms with van der Waals surface area (Å²) in [5.41, 5.74) is 0.776. The molecule has 0 spiro atoms. The van der Waals surface area contributed by atoms with Crippen LogP contribution in [0, 0.1) is 11.8 Å². The molecule has 1 rings (SSSR count). The summed E-state index contributed by atoms with van der Waals surface area (Å²) >= 11 is 0. The summed E-state index contributed by atoms with van der Waals surface area (Å²) in [5, 5.41) is 0. The van der Waals surface area contributed by atoms with Crippen molar-refractivity contribution in [2.24, 2.45) is 11.8 Å². The lowest BCUT2D eigenvalue weighted by Crippen LogP contribution is -2.22. The van der Waals surface area contributed by atoms with Crippen molar-refractivity contribution in [3.05, 3.63) is 35.9 Å². The lowest BCUT2D eigenvalue weighted by molar-refractivity contribution is -0.153. The Balaban J connectivity index is 2.74. The van der Waals surface area contributed by atoms with Crippen LogP contribution in [-0.2, 0) is 19.1 Å². The number of benzene rings is 1. The summed E-state index contributed by atoms with van der Waals surface area (Å²) in [6.07, 6.45) is 0.00760. The molecule has 4 heteroatoms. The zero-order valence-corrected chi connectivity index (χ0v) is 13.9. The Morgan fingerprint density at radius 2 is 1.45 bits per heavy atom. The van der Waals surface area contributed by atoms with E-state index in [0.29, 0.717) is 13.2 Å². The molecule has 1 aromatic rings. The zero-order chi connectivity index (χ0) is 16.5. The maximum Gasteiger partial charge on any atom is 0.314 e. The molecule has 0 aliphatic heterocycles. The fourth-order valence-corrected chi connectivity index (χ4v) is 1.86. The Hall–Kier alpha value is -1.84. The fourth-order valence-electron chi connectivity index (χ4n) is 1.86. The molecule has 1 aromatic carbocycles. The highest BCUT2D eigenvalue weighted by Gasteiger charge is 2.26. The van der Waals surface area contributed by atoms with Crippen LogP contribution in [0.3, 0.4) is 0 Å². The quantitative estimate of drug-likeness (QED) is 0.689. The van der Waals surface area contributed by atoms with E-state index in [0.717, 1.165) is 5.56 Å². The smallest absolute Gasteiger partial charge is 0.314 e. The van der Waals surface area contributed by atoms with Crippen LogP contribution in [-0.4, -0.2) is 25.2 Å². The van der Waals surface area contributed by atoms with Gasteiger partial charge in [0.25, 0.3) is 0 Å². The Labute approximate surface area is 132 Å². The highest BCUT2D eigenvalue weighted by atomic mass is 16.5. The summed E-state index contributed by atoms with van der Waals surface area (Å²) < 4.78 is 10.5. The third kappa shape index (κ3) is 6.74. The van der Waals surface area contributed by atoms with Crippen LogP contribution in [0.25, 0.3) is 0 Å². The largest absolute Gasteiger partial charge is 0.465 e. The second-order valence-electron chi connectivity index (χ2n) is 6.27. The van der Waals surface area contributed by atoms with Gasteiger partial charge in [0, 0.05) is 0 Å². The highest BCUT2D eigenvalue weighted by Crippen LogP contribution is 2.22. The van der Waals surface area contributed by atoms with E-state index >= 15 is 0 Å². The van der Waals surface area contributed by atoms with E-state index in [1.807, 2.05) is 58.0 Å². The number of carbonyl (C=O) groups excluding carboxylic acids is 2. The van der Waals surface area contributed by atoms with Crippen LogP contribution in [0.5, 0.6) is 0 Å². The highest BCUT2D eigenvalue weighted by molar-refractivity contribution is 5.84. The van der Waals surface area contributed by atoms with Gasteiger partial charge in [0.15, 0.2) is 0 Å². The van der Waals surface area contributed by atoms with Gasteiger partial charge in [-0.05, 0) is 17.4 Å². The molecule has 0 amide bonds. The fraction of sp³-hybridized carbons (Fsp3) is 0.556. The molecule has 1 unspecified atom stereocenters. The number of ether oxygens (including phenoxy) is 2. The second kappa shape index (κ2) is 9.23. The average Bonchev–Trinajstić information content (AvgIpc) is 2.49. The van der Waals surface area contributed by atoms with Gasteiger partial charge < -0.3 is 9.47 Å². The van der Waals surface area contributed by atoms with Crippen molar-refractivity contribution in [2.45, 2.75) is 40.0 Å². The van der Waals surface area contributed by atoms with Gasteiger partial charge in [-0.25, -0.2) is 0 Å². The van der Waals surface area contributed by atoms with Crippen LogP contribution >= 0.6 is 0 Å². The molecule has 0 heterocycles. The van der Waals surface area contributed by atoms with Crippen molar-refractivity contribution in [1.82, 2.24) is 0 Å². The molecule has 0 N–H and O–H groups in total. The van der Waals surface area contributed by atoms with E-state index in [9.17, 15) is 9.59 Å². The van der Waals surface area contributed by atoms with Gasteiger partial charge in [-0.2, -0.15) is 0 Å². The third-order valence-corrected chi connectivity index (χ3v) is 2.99. The number of esters is 2. The Bertz CT molecular complexity index is 465. The first-order chi connectivity index (χ1) is 10.4. The molecule has 4 nitrogen and oxygen atoms in total. The molecule has 0 aliphatic rings. The molecular weight excluding hydrogens is 280 g/mol. The Kier molecular flexibility index (Phi) is 7.64. The minimum absolute atomic E-state index is 0.00760. The lowest BCUT2D eigenvalue weighted by Gasteiger charge is -2.17. The van der Waals surface area contributed by atoms with E-state index in [-0.39, 0.29) is 30.2 Å². The van der Waals surface area contributed by atoms with Crippen molar-refractivity contribution in [3.8, 4) is 0 Å². The van der Waals surface area contributed by atoms with Crippen molar-refractivity contribution in [3.63, 3.8) is 0 Å². The Morgan fingerprint density at radius 1 is 0.909 bits per heavy atom. The summed E-state index contributed by atoms with van der Waals surface area (Å²) in [7, 11) is 0. The predicted octanol–water partition coefficient (Wildman–Crippen LogP) is 3.56. The normalized spacial score (nSPS) is 12.3. The molecule has 0 saturated carbocycles. The van der Waals surface area contributed by atoms with E-state index in [2.05, 4.69) is 0 Å². The van der Waals surface area contributed by atoms with Gasteiger partial charge in [0.2, 0.25) is 0 Å². The standard InChI is InChI=1S/C18H26O4/c1-13(2)11-21-17(19)10-16(15-8-6-5-7-9-15)18(20)22-12-14(3)4/h5-9,13-14,16H,10-12H2,1-4H3. The first-order valence-electron chi connectivity index (χ1n) is 7.77. The van der Waals surface area contributed by atoms with Crippen LogP contribution in [0.1, 0.15) is 45.6 Å². The molecular formula is C18H26O4. The van der Waals surface area contributed by atoms with E-state index in [1.54, 1.807) is 0 Å². The minimum Gasteiger partial charge on any atom is -0.465 e. The van der Waals surface area contributed by atoms with Crippen molar-refractivity contribution < 1.29 is 19.1 Å². The van der Waals surface area contributed by atoms with Gasteiger partial charge in [-0.1, -0.05) is 58.0 Å². The first-order valence-corrected chi connectivity index (χ1v) is 7.77. The zero-order valence-electron chi connectivity index (χ0n) is 13.9. The number of rotatable bonds is 8. The van der Waals surface area contributed by atoms with Crippen LogP contribution in [0.15, 0.2) is 30.3 Å². The van der Waals surface area contributed by atoms with Gasteiger partial charge in [0.1, 0.15) is 0 Å². The molecule has 22 heavy (non-hydrogen) atoms. The van der Waals surface area contributed by atoms with Crippen LogP contribution in [0.2, 0.25) is 0 Å². The number of hydrogen-bond acceptors (Lipinski definition) is 4. The number of carbonyl (C=O) groups is 2. The van der Waals surface area contributed by atoms with Gasteiger partial charge >= 0.3 is 11.9 Å². The molecule has 0 aromatic heterocycles. The van der Waals surface area contributed by atoms with E-state index < -0.39 is 5.92 Å². The maximum atomic E-state index is 12.3. The maximum absolute atomic E-state index is 12.3. The molecule has 122 valence electrons. The SMILES string of the molecule is CC(C)COC(=O)CC(C(=O)OCC(C)C)c1ccccc1. The minimum atomic E-state index is -0.611. The molecule has 0 bridgehead atoms. The second-order valence-corrected chi connectivity index (χ2v) is 6.27. The van der Waals surface area contributed by atoms with Crippen molar-refractivity contribution in [2.75, 3.05) is 13.2 Å². The average molecular weight is 306 g/mol. The summed E-state index contributed by atoms with van der Waals surface area (Å²) in [4.78, 5) is 24.2. The summed E-state index contributed by atoms with van der Waals surface area (Å²) in [6, 6.07) is 9.22. The van der Waals surface area contributed by atoms with Gasteiger partial charge in [-0.3, -0.25) is 9.59 Å². The monoisotopic (exact) mass is 306 g/mol. The number of hydrogen-bond donors (Lipinski definition) is 0. The van der Waals surface area contributed by atoms with Crippen LogP contribution in [0.4, 0.5) is 0 Å². The first kappa shape index (κ1) is 18.2. The molecule has 1 atom stereocenters. The van der Waals surface area contributed by atoms with E-state index in [4.69, 9.17) is 9.47 Å². The van der Waals surface area contributed by atoms with Crippen molar-refractivity contribution in [1.29, 1.82) is 0 Å². The molecule has 0 radical (unpaired) electrons. The molecule has 0 aliphatic carbocycles. The lowest BCUT2D eigenvalue weighted by atomic mass is 9.96. The third-order valence-electron chi connectivity index (χ3n) is 2.99. The van der Waals surface area contributed by atoms with Crippen LogP contribution < -0.4 is 0 Å². The summed E-state index contributed by atoms with van der Waals surface area (Å²) in [6.45, 7) is 8.60.